The second-order valence-corrected chi connectivity index (χ2v) is 8.05. The molecular formula is C23H24F5N7O2. The summed E-state index contributed by atoms with van der Waals surface area (Å²) in [7, 11) is 0. The first-order valence-electron chi connectivity index (χ1n) is 11.4. The summed E-state index contributed by atoms with van der Waals surface area (Å²) in [6.45, 7) is 2.21. The summed E-state index contributed by atoms with van der Waals surface area (Å²) in [5.41, 5.74) is 2.78. The number of rotatable bonds is 13. The average Bonchev–Trinajstić information content (AvgIpc) is 3.54. The SMILES string of the molecule is Fc1cc(CNCCCCOCCNc2cc(-c3nnc[nH]3)cc3[nH]ncc23)cc(F)c1OC(F)(F)F. The summed E-state index contributed by atoms with van der Waals surface area (Å²) in [5.74, 6) is -3.63. The van der Waals surface area contributed by atoms with E-state index in [0.29, 0.717) is 32.1 Å². The molecule has 0 atom stereocenters. The van der Waals surface area contributed by atoms with Crippen LogP contribution < -0.4 is 15.4 Å². The van der Waals surface area contributed by atoms with Crippen LogP contribution in [0.3, 0.4) is 0 Å². The summed E-state index contributed by atoms with van der Waals surface area (Å²) in [6.07, 6.45) is -0.432. The van der Waals surface area contributed by atoms with E-state index in [1.54, 1.807) is 6.20 Å². The van der Waals surface area contributed by atoms with Crippen LogP contribution in [0.2, 0.25) is 0 Å². The molecule has 0 saturated carbocycles. The molecule has 198 valence electrons. The van der Waals surface area contributed by atoms with Gasteiger partial charge in [0.15, 0.2) is 17.5 Å². The third-order valence-electron chi connectivity index (χ3n) is 5.31. The molecular weight excluding hydrogens is 501 g/mol. The van der Waals surface area contributed by atoms with Gasteiger partial charge >= 0.3 is 6.36 Å². The molecule has 0 spiro atoms. The highest BCUT2D eigenvalue weighted by Crippen LogP contribution is 2.30. The summed E-state index contributed by atoms with van der Waals surface area (Å²) in [5, 5.41) is 22.2. The minimum absolute atomic E-state index is 0.0977. The second-order valence-electron chi connectivity index (χ2n) is 8.05. The number of hydrogen-bond donors (Lipinski definition) is 4. The van der Waals surface area contributed by atoms with Crippen molar-refractivity contribution in [1.29, 1.82) is 0 Å². The zero-order valence-corrected chi connectivity index (χ0v) is 19.5. The zero-order valence-electron chi connectivity index (χ0n) is 19.5. The Balaban J connectivity index is 1.12. The number of unbranched alkanes of at least 4 members (excludes halogenated alkanes) is 1. The van der Waals surface area contributed by atoms with Gasteiger partial charge in [-0.05, 0) is 49.2 Å². The Hall–Kier alpha value is -3.78. The monoisotopic (exact) mass is 525 g/mol. The lowest BCUT2D eigenvalue weighted by Crippen LogP contribution is -2.20. The molecule has 0 aliphatic heterocycles. The Morgan fingerprint density at radius 2 is 1.78 bits per heavy atom. The van der Waals surface area contributed by atoms with Gasteiger partial charge in [-0.3, -0.25) is 5.10 Å². The number of fused-ring (bicyclic) bond motifs is 1. The molecule has 0 amide bonds. The van der Waals surface area contributed by atoms with Crippen molar-refractivity contribution in [2.45, 2.75) is 25.7 Å². The third kappa shape index (κ3) is 7.36. The quantitative estimate of drug-likeness (QED) is 0.150. The molecule has 4 rings (SSSR count). The Kier molecular flexibility index (Phi) is 8.50. The number of hydrogen-bond acceptors (Lipinski definition) is 7. The van der Waals surface area contributed by atoms with Crippen LogP contribution in [0.1, 0.15) is 18.4 Å². The molecule has 0 fully saturated rings. The Morgan fingerprint density at radius 1 is 0.973 bits per heavy atom. The first-order chi connectivity index (χ1) is 17.8. The van der Waals surface area contributed by atoms with Crippen LogP contribution in [-0.4, -0.2) is 58.0 Å². The van der Waals surface area contributed by atoms with Gasteiger partial charge in [-0.15, -0.1) is 23.4 Å². The van der Waals surface area contributed by atoms with E-state index in [0.717, 1.165) is 47.1 Å². The van der Waals surface area contributed by atoms with Crippen LogP contribution in [0.15, 0.2) is 36.8 Å². The number of nitrogens with zero attached hydrogens (tertiary/aromatic N) is 3. The third-order valence-corrected chi connectivity index (χ3v) is 5.31. The molecule has 0 saturated heterocycles. The minimum Gasteiger partial charge on any atom is -0.399 e. The molecule has 2 aromatic carbocycles. The Morgan fingerprint density at radius 3 is 2.51 bits per heavy atom. The summed E-state index contributed by atoms with van der Waals surface area (Å²) >= 11 is 0. The smallest absolute Gasteiger partial charge is 0.399 e. The first kappa shape index (κ1) is 26.3. The highest BCUT2D eigenvalue weighted by Gasteiger charge is 2.34. The maximum absolute atomic E-state index is 13.7. The fourth-order valence-corrected chi connectivity index (χ4v) is 3.66. The molecule has 0 aliphatic carbocycles. The van der Waals surface area contributed by atoms with E-state index in [-0.39, 0.29) is 12.1 Å². The van der Waals surface area contributed by atoms with Crippen molar-refractivity contribution in [3.05, 3.63) is 54.0 Å². The molecule has 0 unspecified atom stereocenters. The molecule has 0 radical (unpaired) electrons. The van der Waals surface area contributed by atoms with E-state index in [9.17, 15) is 22.0 Å². The molecule has 2 aromatic heterocycles. The van der Waals surface area contributed by atoms with E-state index < -0.39 is 23.7 Å². The Bertz CT molecular complexity index is 1270. The van der Waals surface area contributed by atoms with E-state index >= 15 is 0 Å². The molecule has 0 aliphatic rings. The normalized spacial score (nSPS) is 11.8. The number of halogens is 5. The van der Waals surface area contributed by atoms with Gasteiger partial charge < -0.3 is 25.1 Å². The van der Waals surface area contributed by atoms with E-state index in [4.69, 9.17) is 4.74 Å². The van der Waals surface area contributed by atoms with Gasteiger partial charge in [0.2, 0.25) is 5.75 Å². The molecule has 14 heteroatoms. The van der Waals surface area contributed by atoms with Gasteiger partial charge in [-0.1, -0.05) is 0 Å². The van der Waals surface area contributed by atoms with Crippen LogP contribution in [0.5, 0.6) is 5.75 Å². The largest absolute Gasteiger partial charge is 0.573 e. The van der Waals surface area contributed by atoms with Crippen molar-refractivity contribution < 1.29 is 31.4 Å². The van der Waals surface area contributed by atoms with Crippen molar-refractivity contribution in [1.82, 2.24) is 30.7 Å². The van der Waals surface area contributed by atoms with Crippen molar-refractivity contribution in [3.63, 3.8) is 0 Å². The first-order valence-corrected chi connectivity index (χ1v) is 11.4. The fraction of sp³-hybridized carbons (Fsp3) is 0.348. The van der Waals surface area contributed by atoms with E-state index in [1.807, 2.05) is 12.1 Å². The number of H-pyrrole nitrogens is 2. The van der Waals surface area contributed by atoms with Crippen LogP contribution in [0.25, 0.3) is 22.3 Å². The molecule has 4 N–H and O–H groups in total. The number of aromatic nitrogens is 5. The van der Waals surface area contributed by atoms with Gasteiger partial charge in [-0.25, -0.2) is 8.78 Å². The van der Waals surface area contributed by atoms with Crippen LogP contribution in [0, 0.1) is 11.6 Å². The molecule has 4 aromatic rings. The Labute approximate surface area is 207 Å². The number of ether oxygens (including phenoxy) is 2. The lowest BCUT2D eigenvalue weighted by atomic mass is 10.1. The highest BCUT2D eigenvalue weighted by atomic mass is 19.4. The number of benzene rings is 2. The van der Waals surface area contributed by atoms with Crippen LogP contribution in [-0.2, 0) is 11.3 Å². The topological polar surface area (TPSA) is 113 Å². The maximum Gasteiger partial charge on any atom is 0.573 e. The van der Waals surface area contributed by atoms with E-state index in [2.05, 4.69) is 40.7 Å². The number of alkyl halides is 3. The highest BCUT2D eigenvalue weighted by molar-refractivity contribution is 5.94. The predicted molar refractivity (Wildman–Crippen MR) is 125 cm³/mol. The summed E-state index contributed by atoms with van der Waals surface area (Å²) in [6, 6.07) is 5.51. The van der Waals surface area contributed by atoms with E-state index in [1.165, 1.54) is 6.33 Å². The lowest BCUT2D eigenvalue weighted by Gasteiger charge is -2.12. The van der Waals surface area contributed by atoms with Crippen molar-refractivity contribution in [3.8, 4) is 17.1 Å². The number of anilines is 1. The molecule has 37 heavy (non-hydrogen) atoms. The second kappa shape index (κ2) is 12.0. The zero-order chi connectivity index (χ0) is 26.3. The van der Waals surface area contributed by atoms with Gasteiger partial charge in [0.05, 0.1) is 18.3 Å². The summed E-state index contributed by atoms with van der Waals surface area (Å²) in [4.78, 5) is 2.98. The van der Waals surface area contributed by atoms with Crippen LogP contribution in [0.4, 0.5) is 27.6 Å². The van der Waals surface area contributed by atoms with Crippen molar-refractivity contribution in [2.75, 3.05) is 31.6 Å². The standard InChI is InChI=1S/C23H24F5N7O2/c24-17-7-14(8-18(25)21(17)37-23(26,27)28)11-29-3-1-2-5-36-6-4-30-19-9-15(22-31-13-33-35-22)10-20-16(19)12-32-34-20/h7-10,12-13,29-30H,1-6,11H2,(H,32,34)(H,31,33,35). The summed E-state index contributed by atoms with van der Waals surface area (Å²) < 4.78 is 73.2. The predicted octanol–water partition coefficient (Wildman–Crippen LogP) is 4.52. The van der Waals surface area contributed by atoms with Gasteiger partial charge in [0.1, 0.15) is 6.33 Å². The van der Waals surface area contributed by atoms with Gasteiger partial charge in [0.25, 0.3) is 0 Å². The van der Waals surface area contributed by atoms with Gasteiger partial charge in [-0.2, -0.15) is 5.10 Å². The molecule has 0 bridgehead atoms. The minimum atomic E-state index is -5.17. The lowest BCUT2D eigenvalue weighted by molar-refractivity contribution is -0.276. The molecule has 9 nitrogen and oxygen atoms in total. The average molecular weight is 525 g/mol. The van der Waals surface area contributed by atoms with Crippen molar-refractivity contribution >= 4 is 16.6 Å². The fourth-order valence-electron chi connectivity index (χ4n) is 3.66. The van der Waals surface area contributed by atoms with Crippen molar-refractivity contribution in [2.24, 2.45) is 0 Å². The number of nitrogens with one attached hydrogen (secondary N) is 4. The maximum atomic E-state index is 13.7. The number of aromatic amines is 2. The molecule has 2 heterocycles. The van der Waals surface area contributed by atoms with Gasteiger partial charge in [0, 0.05) is 36.3 Å². The van der Waals surface area contributed by atoms with Crippen LogP contribution >= 0.6 is 0 Å².